The van der Waals surface area contributed by atoms with Gasteiger partial charge >= 0.3 is 0 Å². The number of fused-ring (bicyclic) bond motifs is 1. The normalized spacial score (nSPS) is 11.6. The minimum atomic E-state index is 0.456. The second kappa shape index (κ2) is 5.70. The molecule has 0 unspecified atom stereocenters. The monoisotopic (exact) mass is 271 g/mol. The molecule has 20 heavy (non-hydrogen) atoms. The van der Waals surface area contributed by atoms with Crippen molar-refractivity contribution in [3.05, 3.63) is 30.1 Å². The molecule has 1 aromatic carbocycles. The summed E-state index contributed by atoms with van der Waals surface area (Å²) in [5.74, 6) is 0.618. The van der Waals surface area contributed by atoms with Crippen molar-refractivity contribution in [2.75, 3.05) is 17.2 Å². The molecule has 1 aromatic heterocycles. The van der Waals surface area contributed by atoms with Gasteiger partial charge in [0.15, 0.2) is 0 Å². The van der Waals surface area contributed by atoms with Crippen LogP contribution in [0.15, 0.2) is 24.4 Å². The molecule has 3 heteroatoms. The zero-order valence-electron chi connectivity index (χ0n) is 13.1. The van der Waals surface area contributed by atoms with Crippen LogP contribution in [0.4, 0.5) is 11.4 Å². The van der Waals surface area contributed by atoms with E-state index in [0.717, 1.165) is 23.3 Å². The van der Waals surface area contributed by atoms with Crippen molar-refractivity contribution in [3.63, 3.8) is 0 Å². The Balaban J connectivity index is 2.62. The van der Waals surface area contributed by atoms with E-state index in [4.69, 9.17) is 5.73 Å². The summed E-state index contributed by atoms with van der Waals surface area (Å²) in [4.78, 5) is 6.83. The van der Waals surface area contributed by atoms with E-state index in [1.165, 1.54) is 11.1 Å². The first-order valence-corrected chi connectivity index (χ1v) is 7.31. The molecule has 0 aliphatic rings. The Labute approximate surface area is 121 Å². The molecule has 0 fully saturated rings. The maximum absolute atomic E-state index is 6.09. The number of nitrogens with two attached hydrogens (primary N) is 1. The lowest BCUT2D eigenvalue weighted by Gasteiger charge is -2.32. The number of benzene rings is 1. The van der Waals surface area contributed by atoms with Crippen molar-refractivity contribution in [2.45, 2.75) is 40.7 Å². The molecule has 2 aromatic rings. The molecule has 0 bridgehead atoms. The Kier molecular flexibility index (Phi) is 4.17. The molecule has 0 atom stereocenters. The number of hydrogen-bond acceptors (Lipinski definition) is 3. The predicted molar refractivity (Wildman–Crippen MR) is 88.2 cm³/mol. The number of hydrogen-bond donors (Lipinski definition) is 1. The summed E-state index contributed by atoms with van der Waals surface area (Å²) in [5.41, 5.74) is 9.17. The first kappa shape index (κ1) is 14.6. The second-order valence-corrected chi connectivity index (χ2v) is 6.19. The van der Waals surface area contributed by atoms with E-state index in [1.54, 1.807) is 0 Å². The fraction of sp³-hybridized carbons (Fsp3) is 0.471. The molecule has 2 N–H and O–H groups in total. The van der Waals surface area contributed by atoms with Gasteiger partial charge in [0.05, 0.1) is 0 Å². The molecular weight excluding hydrogens is 246 g/mol. The third-order valence-corrected chi connectivity index (χ3v) is 3.54. The first-order chi connectivity index (χ1) is 9.40. The smallest absolute Gasteiger partial charge is 0.0451 e. The van der Waals surface area contributed by atoms with Crippen molar-refractivity contribution in [3.8, 4) is 0 Å². The number of pyridine rings is 1. The van der Waals surface area contributed by atoms with E-state index in [9.17, 15) is 0 Å². The van der Waals surface area contributed by atoms with Crippen LogP contribution in [0.25, 0.3) is 10.8 Å². The van der Waals surface area contributed by atoms with Gasteiger partial charge in [-0.2, -0.15) is 0 Å². The number of rotatable bonds is 4. The Morgan fingerprint density at radius 3 is 2.45 bits per heavy atom. The maximum atomic E-state index is 6.09. The molecule has 2 rings (SSSR count). The van der Waals surface area contributed by atoms with Crippen LogP contribution >= 0.6 is 0 Å². The standard InChI is InChI=1S/C17H25N3/c1-11(2)10-20(12(3)4)17-7-6-16(18)15-9-19-13(5)8-14(15)17/h6-9,11-12H,10,18H2,1-5H3. The lowest BCUT2D eigenvalue weighted by molar-refractivity contribution is 0.572. The molecular formula is C17H25N3. The molecule has 0 spiro atoms. The first-order valence-electron chi connectivity index (χ1n) is 7.31. The van der Waals surface area contributed by atoms with E-state index in [1.807, 2.05) is 19.2 Å². The molecule has 3 nitrogen and oxygen atoms in total. The van der Waals surface area contributed by atoms with Crippen molar-refractivity contribution < 1.29 is 0 Å². The molecule has 0 aliphatic carbocycles. The van der Waals surface area contributed by atoms with Crippen molar-refractivity contribution in [1.82, 2.24) is 4.98 Å². The Hall–Kier alpha value is -1.77. The van der Waals surface area contributed by atoms with Crippen molar-refractivity contribution >= 4 is 22.1 Å². The van der Waals surface area contributed by atoms with Gasteiger partial charge in [0.2, 0.25) is 0 Å². The van der Waals surface area contributed by atoms with Gasteiger partial charge in [-0.05, 0) is 44.9 Å². The summed E-state index contributed by atoms with van der Waals surface area (Å²) in [6.07, 6.45) is 1.89. The number of anilines is 2. The third kappa shape index (κ3) is 2.87. The van der Waals surface area contributed by atoms with Gasteiger partial charge in [0.1, 0.15) is 0 Å². The highest BCUT2D eigenvalue weighted by Crippen LogP contribution is 2.32. The topological polar surface area (TPSA) is 42.1 Å². The summed E-state index contributed by atoms with van der Waals surface area (Å²) in [6, 6.07) is 6.72. The van der Waals surface area contributed by atoms with E-state index < -0.39 is 0 Å². The van der Waals surface area contributed by atoms with Gasteiger partial charge in [0, 0.05) is 46.6 Å². The number of aryl methyl sites for hydroxylation is 1. The molecule has 0 saturated heterocycles. The largest absolute Gasteiger partial charge is 0.398 e. The van der Waals surface area contributed by atoms with Crippen LogP contribution in [0.5, 0.6) is 0 Å². The lowest BCUT2D eigenvalue weighted by Crippen LogP contribution is -2.34. The van der Waals surface area contributed by atoms with Crippen LogP contribution in [-0.4, -0.2) is 17.6 Å². The van der Waals surface area contributed by atoms with E-state index >= 15 is 0 Å². The third-order valence-electron chi connectivity index (χ3n) is 3.54. The van der Waals surface area contributed by atoms with Gasteiger partial charge in [-0.3, -0.25) is 4.98 Å². The fourth-order valence-corrected chi connectivity index (χ4v) is 2.58. The van der Waals surface area contributed by atoms with E-state index in [2.05, 4.69) is 49.7 Å². The molecule has 0 saturated carbocycles. The minimum Gasteiger partial charge on any atom is -0.398 e. The quantitative estimate of drug-likeness (QED) is 0.855. The summed E-state index contributed by atoms with van der Waals surface area (Å²) >= 11 is 0. The fourth-order valence-electron chi connectivity index (χ4n) is 2.58. The summed E-state index contributed by atoms with van der Waals surface area (Å²) in [5, 5.41) is 2.24. The van der Waals surface area contributed by atoms with Crippen LogP contribution in [-0.2, 0) is 0 Å². The van der Waals surface area contributed by atoms with Crippen LogP contribution in [0.2, 0.25) is 0 Å². The van der Waals surface area contributed by atoms with Crippen LogP contribution in [0, 0.1) is 12.8 Å². The Bertz CT molecular complexity index is 602. The molecule has 0 amide bonds. The average molecular weight is 271 g/mol. The van der Waals surface area contributed by atoms with Crippen molar-refractivity contribution in [1.29, 1.82) is 0 Å². The predicted octanol–water partition coefficient (Wildman–Crippen LogP) is 4.00. The highest BCUT2D eigenvalue weighted by molar-refractivity contribution is 6.01. The highest BCUT2D eigenvalue weighted by atomic mass is 15.2. The van der Waals surface area contributed by atoms with Gasteiger partial charge in [0.25, 0.3) is 0 Å². The summed E-state index contributed by atoms with van der Waals surface area (Å²) in [6.45, 7) is 12.0. The molecule has 108 valence electrons. The van der Waals surface area contributed by atoms with Gasteiger partial charge in [-0.15, -0.1) is 0 Å². The highest BCUT2D eigenvalue weighted by Gasteiger charge is 2.16. The second-order valence-electron chi connectivity index (χ2n) is 6.19. The zero-order valence-corrected chi connectivity index (χ0v) is 13.1. The molecule has 1 heterocycles. The number of aromatic nitrogens is 1. The minimum absolute atomic E-state index is 0.456. The summed E-state index contributed by atoms with van der Waals surface area (Å²) < 4.78 is 0. The van der Waals surface area contributed by atoms with Gasteiger partial charge < -0.3 is 10.6 Å². The van der Waals surface area contributed by atoms with Crippen LogP contribution in [0.3, 0.4) is 0 Å². The van der Waals surface area contributed by atoms with E-state index in [0.29, 0.717) is 12.0 Å². The van der Waals surface area contributed by atoms with Crippen molar-refractivity contribution in [2.24, 2.45) is 5.92 Å². The number of nitrogen functional groups attached to an aromatic ring is 1. The van der Waals surface area contributed by atoms with Gasteiger partial charge in [-0.1, -0.05) is 13.8 Å². The number of nitrogens with zero attached hydrogens (tertiary/aromatic N) is 2. The Morgan fingerprint density at radius 1 is 1.15 bits per heavy atom. The molecule has 0 radical (unpaired) electrons. The zero-order chi connectivity index (χ0) is 14.9. The van der Waals surface area contributed by atoms with Gasteiger partial charge in [-0.25, -0.2) is 0 Å². The average Bonchev–Trinajstić information content (AvgIpc) is 2.36. The summed E-state index contributed by atoms with van der Waals surface area (Å²) in [7, 11) is 0. The lowest BCUT2D eigenvalue weighted by atomic mass is 10.0. The van der Waals surface area contributed by atoms with Crippen LogP contribution < -0.4 is 10.6 Å². The Morgan fingerprint density at radius 2 is 1.85 bits per heavy atom. The van der Waals surface area contributed by atoms with Crippen LogP contribution in [0.1, 0.15) is 33.4 Å². The SMILES string of the molecule is Cc1cc2c(N(CC(C)C)C(C)C)ccc(N)c2cn1. The molecule has 0 aliphatic heterocycles. The maximum Gasteiger partial charge on any atom is 0.0451 e. The van der Waals surface area contributed by atoms with E-state index in [-0.39, 0.29) is 0 Å².